The molecule has 0 bridgehead atoms. The molecule has 1 aliphatic rings. The van der Waals surface area contributed by atoms with Gasteiger partial charge in [0.25, 0.3) is 5.91 Å². The van der Waals surface area contributed by atoms with Crippen molar-refractivity contribution in [3.05, 3.63) is 42.6 Å². The summed E-state index contributed by atoms with van der Waals surface area (Å²) in [5.74, 6) is 0.735. The van der Waals surface area contributed by atoms with Gasteiger partial charge in [0, 0.05) is 24.6 Å². The smallest absolute Gasteiger partial charge is 0.253 e. The molecule has 1 amide bonds. The van der Waals surface area contributed by atoms with Crippen LogP contribution in [0, 0.1) is 0 Å². The predicted octanol–water partition coefficient (Wildman–Crippen LogP) is 2.33. The van der Waals surface area contributed by atoms with Crippen molar-refractivity contribution in [2.45, 2.75) is 38.1 Å². The number of amides is 1. The van der Waals surface area contributed by atoms with Crippen LogP contribution < -0.4 is 5.32 Å². The Morgan fingerprint density at radius 1 is 1.25 bits per heavy atom. The van der Waals surface area contributed by atoms with Crippen molar-refractivity contribution in [3.8, 4) is 5.82 Å². The van der Waals surface area contributed by atoms with E-state index < -0.39 is 0 Å². The summed E-state index contributed by atoms with van der Waals surface area (Å²) in [5, 5.41) is 3.09. The molecule has 2 heterocycles. The Kier molecular flexibility index (Phi) is 3.76. The molecule has 1 fully saturated rings. The second kappa shape index (κ2) is 5.86. The van der Waals surface area contributed by atoms with Crippen LogP contribution in [0.3, 0.4) is 0 Å². The van der Waals surface area contributed by atoms with Gasteiger partial charge in [-0.3, -0.25) is 9.36 Å². The minimum Gasteiger partial charge on any atom is -0.349 e. The van der Waals surface area contributed by atoms with E-state index in [1.165, 1.54) is 19.3 Å². The maximum absolute atomic E-state index is 12.1. The summed E-state index contributed by atoms with van der Waals surface area (Å²) in [4.78, 5) is 20.4. The van der Waals surface area contributed by atoms with E-state index in [1.54, 1.807) is 24.8 Å². The zero-order chi connectivity index (χ0) is 13.8. The van der Waals surface area contributed by atoms with Gasteiger partial charge in [-0.1, -0.05) is 19.3 Å². The summed E-state index contributed by atoms with van der Waals surface area (Å²) in [6.07, 6.45) is 12.7. The van der Waals surface area contributed by atoms with Gasteiger partial charge >= 0.3 is 0 Å². The van der Waals surface area contributed by atoms with Crippen LogP contribution in [0.4, 0.5) is 0 Å². The maximum atomic E-state index is 12.1. The van der Waals surface area contributed by atoms with Crippen molar-refractivity contribution in [3.63, 3.8) is 0 Å². The number of hydrogen-bond acceptors (Lipinski definition) is 3. The van der Waals surface area contributed by atoms with Gasteiger partial charge in [0.15, 0.2) is 0 Å². The Hall–Kier alpha value is -2.17. The number of carbonyl (C=O) groups is 1. The third-order valence-corrected chi connectivity index (χ3v) is 3.72. The molecule has 5 heteroatoms. The summed E-state index contributed by atoms with van der Waals surface area (Å²) in [6, 6.07) is 3.96. The summed E-state index contributed by atoms with van der Waals surface area (Å²) < 4.78 is 1.81. The third kappa shape index (κ3) is 2.87. The van der Waals surface area contributed by atoms with Crippen LogP contribution >= 0.6 is 0 Å². The number of rotatable bonds is 3. The lowest BCUT2D eigenvalue weighted by Crippen LogP contribution is -2.36. The van der Waals surface area contributed by atoms with Crippen LogP contribution in [0.25, 0.3) is 5.82 Å². The summed E-state index contributed by atoms with van der Waals surface area (Å²) in [5.41, 5.74) is 0.611. The molecule has 0 atom stereocenters. The van der Waals surface area contributed by atoms with Gasteiger partial charge in [0.2, 0.25) is 0 Å². The molecule has 0 aliphatic heterocycles. The van der Waals surface area contributed by atoms with E-state index in [9.17, 15) is 4.79 Å². The van der Waals surface area contributed by atoms with E-state index in [4.69, 9.17) is 0 Å². The minimum absolute atomic E-state index is 0.0263. The van der Waals surface area contributed by atoms with Gasteiger partial charge in [0.05, 0.1) is 5.56 Å². The number of hydrogen-bond donors (Lipinski definition) is 1. The van der Waals surface area contributed by atoms with Gasteiger partial charge in [-0.25, -0.2) is 9.97 Å². The highest BCUT2D eigenvalue weighted by molar-refractivity contribution is 5.94. The van der Waals surface area contributed by atoms with Crippen molar-refractivity contribution >= 4 is 5.91 Å². The number of imidazole rings is 1. The highest BCUT2D eigenvalue weighted by Gasteiger charge is 2.16. The van der Waals surface area contributed by atoms with E-state index in [-0.39, 0.29) is 5.91 Å². The average Bonchev–Trinajstić information content (AvgIpc) is 3.03. The van der Waals surface area contributed by atoms with E-state index in [2.05, 4.69) is 15.3 Å². The molecule has 1 aliphatic carbocycles. The van der Waals surface area contributed by atoms with Crippen LogP contribution in [-0.2, 0) is 0 Å². The Bertz CT molecular complexity index is 556. The Balaban J connectivity index is 1.66. The largest absolute Gasteiger partial charge is 0.349 e. The third-order valence-electron chi connectivity index (χ3n) is 3.72. The van der Waals surface area contributed by atoms with Crippen molar-refractivity contribution in [2.24, 2.45) is 0 Å². The minimum atomic E-state index is -0.0263. The second-order valence-corrected chi connectivity index (χ2v) is 5.18. The first-order valence-electron chi connectivity index (χ1n) is 7.08. The number of nitrogens with zero attached hydrogens (tertiary/aromatic N) is 3. The van der Waals surface area contributed by atoms with Gasteiger partial charge < -0.3 is 5.32 Å². The molecule has 1 N–H and O–H groups in total. The fraction of sp³-hybridized carbons (Fsp3) is 0.400. The van der Waals surface area contributed by atoms with Crippen LogP contribution in [0.2, 0.25) is 0 Å². The van der Waals surface area contributed by atoms with Crippen LogP contribution in [0.15, 0.2) is 37.1 Å². The molecule has 0 unspecified atom stereocenters. The van der Waals surface area contributed by atoms with Gasteiger partial charge in [0.1, 0.15) is 12.1 Å². The number of pyridine rings is 1. The first kappa shape index (κ1) is 12.8. The number of nitrogens with one attached hydrogen (secondary N) is 1. The Labute approximate surface area is 118 Å². The highest BCUT2D eigenvalue weighted by Crippen LogP contribution is 2.17. The maximum Gasteiger partial charge on any atom is 0.253 e. The topological polar surface area (TPSA) is 59.8 Å². The van der Waals surface area contributed by atoms with Crippen LogP contribution in [-0.4, -0.2) is 26.5 Å². The molecule has 2 aromatic rings. The molecule has 0 saturated heterocycles. The number of aromatic nitrogens is 3. The molecule has 3 rings (SSSR count). The standard InChI is InChI=1S/C15H18N4O/c20-15(18-13-4-2-1-3-5-13)12-6-7-14(17-10-12)19-9-8-16-11-19/h6-11,13H,1-5H2,(H,18,20). The van der Waals surface area contributed by atoms with Crippen LogP contribution in [0.5, 0.6) is 0 Å². The summed E-state index contributed by atoms with van der Waals surface area (Å²) >= 11 is 0. The lowest BCUT2D eigenvalue weighted by atomic mass is 9.95. The molecule has 20 heavy (non-hydrogen) atoms. The van der Waals surface area contributed by atoms with E-state index in [0.29, 0.717) is 11.6 Å². The van der Waals surface area contributed by atoms with Crippen molar-refractivity contribution in [1.82, 2.24) is 19.9 Å². The highest BCUT2D eigenvalue weighted by atomic mass is 16.1. The molecular weight excluding hydrogens is 252 g/mol. The van der Waals surface area contributed by atoms with Crippen molar-refractivity contribution < 1.29 is 4.79 Å². The lowest BCUT2D eigenvalue weighted by molar-refractivity contribution is 0.0927. The summed E-state index contributed by atoms with van der Waals surface area (Å²) in [6.45, 7) is 0. The average molecular weight is 270 g/mol. The molecular formula is C15H18N4O. The van der Waals surface area contributed by atoms with E-state index >= 15 is 0 Å². The van der Waals surface area contributed by atoms with Gasteiger partial charge in [-0.2, -0.15) is 0 Å². The molecule has 0 aromatic carbocycles. The molecule has 104 valence electrons. The molecule has 5 nitrogen and oxygen atoms in total. The van der Waals surface area contributed by atoms with Gasteiger partial charge in [-0.05, 0) is 25.0 Å². The first-order chi connectivity index (χ1) is 9.83. The normalized spacial score (nSPS) is 16.0. The van der Waals surface area contributed by atoms with Crippen molar-refractivity contribution in [1.29, 1.82) is 0 Å². The SMILES string of the molecule is O=C(NC1CCCCC1)c1ccc(-n2ccnc2)nc1. The van der Waals surface area contributed by atoms with Crippen molar-refractivity contribution in [2.75, 3.05) is 0 Å². The van der Waals surface area contributed by atoms with E-state index in [1.807, 2.05) is 16.8 Å². The molecule has 2 aromatic heterocycles. The zero-order valence-electron chi connectivity index (χ0n) is 11.3. The lowest BCUT2D eigenvalue weighted by Gasteiger charge is -2.22. The number of carbonyl (C=O) groups excluding carboxylic acids is 1. The fourth-order valence-electron chi connectivity index (χ4n) is 2.58. The van der Waals surface area contributed by atoms with Crippen LogP contribution in [0.1, 0.15) is 42.5 Å². The summed E-state index contributed by atoms with van der Waals surface area (Å²) in [7, 11) is 0. The Morgan fingerprint density at radius 2 is 2.10 bits per heavy atom. The monoisotopic (exact) mass is 270 g/mol. The predicted molar refractivity (Wildman–Crippen MR) is 75.7 cm³/mol. The molecule has 1 saturated carbocycles. The van der Waals surface area contributed by atoms with Gasteiger partial charge in [-0.15, -0.1) is 0 Å². The zero-order valence-corrected chi connectivity index (χ0v) is 11.3. The Morgan fingerprint density at radius 3 is 2.75 bits per heavy atom. The quantitative estimate of drug-likeness (QED) is 0.931. The van der Waals surface area contributed by atoms with E-state index in [0.717, 1.165) is 18.7 Å². The molecule has 0 radical (unpaired) electrons. The first-order valence-corrected chi connectivity index (χ1v) is 7.08. The second-order valence-electron chi connectivity index (χ2n) is 5.18. The fourth-order valence-corrected chi connectivity index (χ4v) is 2.58. The molecule has 0 spiro atoms.